The number of aromatic nitrogens is 1. The fraction of sp³-hybridized carbons (Fsp3) is 0.545. The monoisotopic (exact) mass is 302 g/mol. The molecule has 94 valence electrons. The normalized spacial score (nSPS) is 16.4. The van der Waals surface area contributed by atoms with E-state index in [1.165, 1.54) is 0 Å². The molecular formula is C11H15BrN2O3. The Hall–Kier alpha value is -0.850. The molecule has 0 spiro atoms. The van der Waals surface area contributed by atoms with Crippen LogP contribution in [0, 0.1) is 0 Å². The molecule has 0 aliphatic carbocycles. The second kappa shape index (κ2) is 5.66. The number of halogens is 1. The Balaban J connectivity index is 1.82. The van der Waals surface area contributed by atoms with Crippen molar-refractivity contribution in [2.45, 2.75) is 12.7 Å². The van der Waals surface area contributed by atoms with Gasteiger partial charge in [0.2, 0.25) is 5.91 Å². The molecule has 0 aromatic carbocycles. The second-order valence-corrected chi connectivity index (χ2v) is 4.88. The van der Waals surface area contributed by atoms with Crippen LogP contribution in [-0.4, -0.2) is 48.9 Å². The molecule has 0 radical (unpaired) electrons. The van der Waals surface area contributed by atoms with Crippen molar-refractivity contribution in [2.75, 3.05) is 26.8 Å². The van der Waals surface area contributed by atoms with E-state index in [0.717, 1.165) is 10.2 Å². The molecule has 2 rings (SSSR count). The molecular weight excluding hydrogens is 288 g/mol. The number of amides is 1. The first-order valence-electron chi connectivity index (χ1n) is 5.45. The van der Waals surface area contributed by atoms with Gasteiger partial charge in [0, 0.05) is 23.4 Å². The molecule has 1 aliphatic heterocycles. The molecule has 5 nitrogen and oxygen atoms in total. The first-order valence-corrected chi connectivity index (χ1v) is 6.24. The summed E-state index contributed by atoms with van der Waals surface area (Å²) in [6.07, 6.45) is 1.89. The van der Waals surface area contributed by atoms with E-state index >= 15 is 0 Å². The summed E-state index contributed by atoms with van der Waals surface area (Å²) in [5.74, 6) is 0.0402. The minimum Gasteiger partial charge on any atom is -0.363 e. The Kier molecular flexibility index (Phi) is 4.20. The van der Waals surface area contributed by atoms with Gasteiger partial charge in [-0.05, 0) is 22.0 Å². The summed E-state index contributed by atoms with van der Waals surface area (Å²) in [6.45, 7) is 1.69. The number of nitrogens with one attached hydrogen (secondary N) is 1. The summed E-state index contributed by atoms with van der Waals surface area (Å²) >= 11 is 3.33. The number of carbonyl (C=O) groups excluding carboxylic acids is 1. The Morgan fingerprint density at radius 1 is 1.59 bits per heavy atom. The number of aromatic amines is 1. The number of hydrogen-bond acceptors (Lipinski definition) is 3. The Morgan fingerprint density at radius 3 is 2.88 bits per heavy atom. The van der Waals surface area contributed by atoms with E-state index in [0.29, 0.717) is 26.2 Å². The molecule has 1 saturated heterocycles. The molecule has 0 saturated carbocycles. The van der Waals surface area contributed by atoms with Gasteiger partial charge in [-0.25, -0.2) is 0 Å². The molecule has 2 heterocycles. The molecule has 1 N–H and O–H groups in total. The van der Waals surface area contributed by atoms with Crippen LogP contribution in [0.2, 0.25) is 0 Å². The van der Waals surface area contributed by atoms with Crippen molar-refractivity contribution in [1.29, 1.82) is 0 Å². The average molecular weight is 303 g/mol. The fourth-order valence-electron chi connectivity index (χ4n) is 1.65. The number of nitrogens with zero attached hydrogens (tertiary/aromatic N) is 1. The van der Waals surface area contributed by atoms with Gasteiger partial charge in [-0.1, -0.05) is 0 Å². The maximum Gasteiger partial charge on any atom is 0.228 e. The maximum absolute atomic E-state index is 11.9. The largest absolute Gasteiger partial charge is 0.363 e. The molecule has 1 aromatic rings. The molecule has 0 atom stereocenters. The van der Waals surface area contributed by atoms with Crippen LogP contribution < -0.4 is 0 Å². The standard InChI is InChI=1S/C11H15BrN2O3/c1-14(7-11-16-2-3-17-11)10(15)5-9-4-8(12)6-13-9/h4,6,11,13H,2-3,5,7H2,1H3. The molecule has 17 heavy (non-hydrogen) atoms. The number of H-pyrrole nitrogens is 1. The molecule has 1 fully saturated rings. The van der Waals surface area contributed by atoms with E-state index in [9.17, 15) is 4.79 Å². The van der Waals surface area contributed by atoms with Crippen LogP contribution in [0.4, 0.5) is 0 Å². The minimum absolute atomic E-state index is 0.0402. The van der Waals surface area contributed by atoms with Crippen molar-refractivity contribution in [3.8, 4) is 0 Å². The molecule has 1 amide bonds. The van der Waals surface area contributed by atoms with Crippen LogP contribution in [0.3, 0.4) is 0 Å². The van der Waals surface area contributed by atoms with E-state index < -0.39 is 0 Å². The summed E-state index contributed by atoms with van der Waals surface area (Å²) in [7, 11) is 1.76. The molecule has 1 aliphatic rings. The Bertz CT molecular complexity index is 388. The highest BCUT2D eigenvalue weighted by Crippen LogP contribution is 2.12. The maximum atomic E-state index is 11.9. The Labute approximate surface area is 108 Å². The molecule has 6 heteroatoms. The highest BCUT2D eigenvalue weighted by Gasteiger charge is 2.20. The summed E-state index contributed by atoms with van der Waals surface area (Å²) in [4.78, 5) is 16.5. The van der Waals surface area contributed by atoms with Crippen LogP contribution in [-0.2, 0) is 20.7 Å². The lowest BCUT2D eigenvalue weighted by atomic mass is 10.3. The van der Waals surface area contributed by atoms with Gasteiger partial charge in [-0.15, -0.1) is 0 Å². The van der Waals surface area contributed by atoms with Gasteiger partial charge >= 0.3 is 0 Å². The van der Waals surface area contributed by atoms with Crippen molar-refractivity contribution in [1.82, 2.24) is 9.88 Å². The number of carbonyl (C=O) groups is 1. The summed E-state index contributed by atoms with van der Waals surface area (Å²) < 4.78 is 11.5. The first-order chi connectivity index (χ1) is 8.15. The van der Waals surface area contributed by atoms with Gasteiger partial charge in [0.1, 0.15) is 0 Å². The van der Waals surface area contributed by atoms with Crippen LogP contribution >= 0.6 is 15.9 Å². The zero-order valence-electron chi connectivity index (χ0n) is 9.61. The topological polar surface area (TPSA) is 54.6 Å². The lowest BCUT2D eigenvalue weighted by Crippen LogP contribution is -2.35. The van der Waals surface area contributed by atoms with Gasteiger partial charge < -0.3 is 19.4 Å². The van der Waals surface area contributed by atoms with E-state index in [4.69, 9.17) is 9.47 Å². The SMILES string of the molecule is CN(CC1OCCO1)C(=O)Cc1cc(Br)c[nH]1. The Morgan fingerprint density at radius 2 is 2.29 bits per heavy atom. The van der Waals surface area contributed by atoms with E-state index in [2.05, 4.69) is 20.9 Å². The lowest BCUT2D eigenvalue weighted by molar-refractivity contribution is -0.134. The minimum atomic E-state index is -0.278. The third-order valence-electron chi connectivity index (χ3n) is 2.59. The smallest absolute Gasteiger partial charge is 0.228 e. The third kappa shape index (κ3) is 3.55. The van der Waals surface area contributed by atoms with Crippen LogP contribution in [0.1, 0.15) is 5.69 Å². The predicted octanol–water partition coefficient (Wildman–Crippen LogP) is 1.15. The van der Waals surface area contributed by atoms with Crippen molar-refractivity contribution < 1.29 is 14.3 Å². The van der Waals surface area contributed by atoms with Gasteiger partial charge in [-0.2, -0.15) is 0 Å². The van der Waals surface area contributed by atoms with Gasteiger partial charge in [-0.3, -0.25) is 4.79 Å². The second-order valence-electron chi connectivity index (χ2n) is 3.97. The molecule has 0 unspecified atom stereocenters. The van der Waals surface area contributed by atoms with E-state index in [-0.39, 0.29) is 12.2 Å². The number of ether oxygens (including phenoxy) is 2. The summed E-state index contributed by atoms with van der Waals surface area (Å²) in [5, 5.41) is 0. The van der Waals surface area contributed by atoms with Crippen molar-refractivity contribution in [3.05, 3.63) is 22.4 Å². The van der Waals surface area contributed by atoms with Gasteiger partial charge in [0.15, 0.2) is 6.29 Å². The van der Waals surface area contributed by atoms with Crippen LogP contribution in [0.25, 0.3) is 0 Å². The number of rotatable bonds is 4. The van der Waals surface area contributed by atoms with E-state index in [1.807, 2.05) is 12.3 Å². The third-order valence-corrected chi connectivity index (χ3v) is 3.05. The average Bonchev–Trinajstić information content (AvgIpc) is 2.90. The van der Waals surface area contributed by atoms with Crippen molar-refractivity contribution in [2.24, 2.45) is 0 Å². The molecule has 1 aromatic heterocycles. The number of hydrogen-bond donors (Lipinski definition) is 1. The quantitative estimate of drug-likeness (QED) is 0.908. The van der Waals surface area contributed by atoms with Gasteiger partial charge in [0.25, 0.3) is 0 Å². The van der Waals surface area contributed by atoms with E-state index in [1.54, 1.807) is 11.9 Å². The van der Waals surface area contributed by atoms with Gasteiger partial charge in [0.05, 0.1) is 26.2 Å². The highest BCUT2D eigenvalue weighted by molar-refractivity contribution is 9.10. The van der Waals surface area contributed by atoms with Crippen molar-refractivity contribution >= 4 is 21.8 Å². The first kappa shape index (κ1) is 12.6. The molecule has 0 bridgehead atoms. The fourth-order valence-corrected chi connectivity index (χ4v) is 2.04. The zero-order valence-corrected chi connectivity index (χ0v) is 11.2. The summed E-state index contributed by atoms with van der Waals surface area (Å²) in [5.41, 5.74) is 0.891. The highest BCUT2D eigenvalue weighted by atomic mass is 79.9. The zero-order chi connectivity index (χ0) is 12.3. The predicted molar refractivity (Wildman–Crippen MR) is 65.5 cm³/mol. The van der Waals surface area contributed by atoms with Crippen LogP contribution in [0.15, 0.2) is 16.7 Å². The van der Waals surface area contributed by atoms with Crippen LogP contribution in [0.5, 0.6) is 0 Å². The number of likely N-dealkylation sites (N-methyl/N-ethyl adjacent to an activating group) is 1. The summed E-state index contributed by atoms with van der Waals surface area (Å²) in [6, 6.07) is 1.90. The lowest BCUT2D eigenvalue weighted by Gasteiger charge is -2.19. The van der Waals surface area contributed by atoms with Crippen molar-refractivity contribution in [3.63, 3.8) is 0 Å².